The van der Waals surface area contributed by atoms with Gasteiger partial charge >= 0.3 is 0 Å². The van der Waals surface area contributed by atoms with Crippen LogP contribution in [0.25, 0.3) is 0 Å². The van der Waals surface area contributed by atoms with Crippen LogP contribution in [0.15, 0.2) is 6.07 Å². The van der Waals surface area contributed by atoms with E-state index in [1.165, 1.54) is 0 Å². The number of halogens is 1. The molecule has 16 heavy (non-hydrogen) atoms. The standard InChI is InChI=1S/C9H12ClN3O2S/c10-7-5-8(12-13-9(7)11)6-1-3-16(14,15)4-2-6/h5-6H,1-4H2,(H2,11,13). The van der Waals surface area contributed by atoms with Crippen LogP contribution in [0.4, 0.5) is 5.82 Å². The van der Waals surface area contributed by atoms with Crippen molar-refractivity contribution in [2.75, 3.05) is 17.2 Å². The van der Waals surface area contributed by atoms with Crippen LogP contribution in [0.2, 0.25) is 5.02 Å². The Morgan fingerprint density at radius 3 is 2.50 bits per heavy atom. The van der Waals surface area contributed by atoms with E-state index in [1.807, 2.05) is 0 Å². The van der Waals surface area contributed by atoms with Crippen LogP contribution < -0.4 is 5.73 Å². The highest BCUT2D eigenvalue weighted by Gasteiger charge is 2.26. The Balaban J connectivity index is 2.17. The maximum absolute atomic E-state index is 11.3. The molecule has 1 aromatic rings. The van der Waals surface area contributed by atoms with Crippen LogP contribution in [-0.4, -0.2) is 30.1 Å². The minimum Gasteiger partial charge on any atom is -0.381 e. The fourth-order valence-electron chi connectivity index (χ4n) is 1.78. The molecule has 0 amide bonds. The molecule has 0 spiro atoms. The van der Waals surface area contributed by atoms with E-state index in [1.54, 1.807) is 6.07 Å². The minimum absolute atomic E-state index is 0.120. The van der Waals surface area contributed by atoms with Gasteiger partial charge in [-0.15, -0.1) is 5.10 Å². The molecule has 0 bridgehead atoms. The maximum Gasteiger partial charge on any atom is 0.164 e. The second kappa shape index (κ2) is 4.18. The lowest BCUT2D eigenvalue weighted by atomic mass is 9.99. The number of hydrogen-bond donors (Lipinski definition) is 1. The Kier molecular flexibility index (Phi) is 3.03. The molecule has 2 heterocycles. The van der Waals surface area contributed by atoms with E-state index in [0.29, 0.717) is 17.9 Å². The van der Waals surface area contributed by atoms with Crippen molar-refractivity contribution in [1.82, 2.24) is 10.2 Å². The molecule has 0 radical (unpaired) electrons. The SMILES string of the molecule is Nc1nnc(C2CCS(=O)(=O)CC2)cc1Cl. The van der Waals surface area contributed by atoms with Crippen LogP contribution >= 0.6 is 11.6 Å². The molecule has 0 atom stereocenters. The van der Waals surface area contributed by atoms with Gasteiger partial charge in [-0.2, -0.15) is 5.10 Å². The van der Waals surface area contributed by atoms with Crippen molar-refractivity contribution in [2.24, 2.45) is 0 Å². The van der Waals surface area contributed by atoms with E-state index in [4.69, 9.17) is 17.3 Å². The van der Waals surface area contributed by atoms with Gasteiger partial charge < -0.3 is 5.73 Å². The molecule has 1 aromatic heterocycles. The van der Waals surface area contributed by atoms with Gasteiger partial charge in [0.1, 0.15) is 9.84 Å². The van der Waals surface area contributed by atoms with Gasteiger partial charge in [-0.25, -0.2) is 8.42 Å². The van der Waals surface area contributed by atoms with Crippen molar-refractivity contribution >= 4 is 27.3 Å². The summed E-state index contributed by atoms with van der Waals surface area (Å²) in [5.41, 5.74) is 6.19. The van der Waals surface area contributed by atoms with Crippen LogP contribution in [-0.2, 0) is 9.84 Å². The van der Waals surface area contributed by atoms with E-state index >= 15 is 0 Å². The smallest absolute Gasteiger partial charge is 0.164 e. The van der Waals surface area contributed by atoms with E-state index in [-0.39, 0.29) is 23.2 Å². The van der Waals surface area contributed by atoms with Crippen molar-refractivity contribution in [1.29, 1.82) is 0 Å². The van der Waals surface area contributed by atoms with Crippen LogP contribution in [0, 0.1) is 0 Å². The Hall–Kier alpha value is -0.880. The lowest BCUT2D eigenvalue weighted by Gasteiger charge is -2.20. The highest BCUT2D eigenvalue weighted by atomic mass is 35.5. The number of rotatable bonds is 1. The van der Waals surface area contributed by atoms with Crippen molar-refractivity contribution in [2.45, 2.75) is 18.8 Å². The van der Waals surface area contributed by atoms with E-state index in [0.717, 1.165) is 5.69 Å². The molecule has 0 unspecified atom stereocenters. The lowest BCUT2D eigenvalue weighted by Crippen LogP contribution is -2.22. The van der Waals surface area contributed by atoms with Gasteiger partial charge in [0, 0.05) is 5.92 Å². The molecular formula is C9H12ClN3O2S. The van der Waals surface area contributed by atoms with Gasteiger partial charge in [0.25, 0.3) is 0 Å². The zero-order valence-electron chi connectivity index (χ0n) is 8.56. The molecule has 1 aliphatic rings. The summed E-state index contributed by atoms with van der Waals surface area (Å²) in [6.45, 7) is 0. The average molecular weight is 262 g/mol. The number of aromatic nitrogens is 2. The first-order valence-electron chi connectivity index (χ1n) is 4.97. The summed E-state index contributed by atoms with van der Waals surface area (Å²) in [7, 11) is -2.85. The molecule has 1 saturated heterocycles. The molecule has 88 valence electrons. The fourth-order valence-corrected chi connectivity index (χ4v) is 3.42. The molecule has 2 rings (SSSR count). The largest absolute Gasteiger partial charge is 0.381 e. The summed E-state index contributed by atoms with van der Waals surface area (Å²) in [6.07, 6.45) is 1.16. The van der Waals surface area contributed by atoms with E-state index in [9.17, 15) is 8.42 Å². The first-order valence-corrected chi connectivity index (χ1v) is 7.17. The summed E-state index contributed by atoms with van der Waals surface area (Å²) in [4.78, 5) is 0. The number of hydrogen-bond acceptors (Lipinski definition) is 5. The molecule has 0 aromatic carbocycles. The summed E-state index contributed by atoms with van der Waals surface area (Å²) in [5, 5.41) is 8.07. The third-order valence-electron chi connectivity index (χ3n) is 2.77. The average Bonchev–Trinajstić information content (AvgIpc) is 2.22. The van der Waals surface area contributed by atoms with E-state index < -0.39 is 9.84 Å². The van der Waals surface area contributed by atoms with Crippen molar-refractivity contribution in [3.05, 3.63) is 16.8 Å². The maximum atomic E-state index is 11.3. The molecule has 0 aliphatic carbocycles. The molecule has 1 fully saturated rings. The van der Waals surface area contributed by atoms with Gasteiger partial charge in [-0.1, -0.05) is 11.6 Å². The fraction of sp³-hybridized carbons (Fsp3) is 0.556. The molecule has 1 aliphatic heterocycles. The third-order valence-corrected chi connectivity index (χ3v) is 4.78. The lowest BCUT2D eigenvalue weighted by molar-refractivity contribution is 0.541. The normalized spacial score (nSPS) is 20.8. The topological polar surface area (TPSA) is 85.9 Å². The predicted octanol–water partition coefficient (Wildman–Crippen LogP) is 1.00. The van der Waals surface area contributed by atoms with Gasteiger partial charge in [0.15, 0.2) is 5.82 Å². The Morgan fingerprint density at radius 2 is 1.94 bits per heavy atom. The zero-order valence-corrected chi connectivity index (χ0v) is 10.1. The zero-order chi connectivity index (χ0) is 11.8. The first-order chi connectivity index (χ1) is 7.48. The molecule has 0 saturated carbocycles. The van der Waals surface area contributed by atoms with Crippen molar-refractivity contribution in [3.63, 3.8) is 0 Å². The van der Waals surface area contributed by atoms with Crippen molar-refractivity contribution in [3.8, 4) is 0 Å². The summed E-state index contributed by atoms with van der Waals surface area (Å²) in [6, 6.07) is 1.67. The molecule has 7 heteroatoms. The van der Waals surface area contributed by atoms with E-state index in [2.05, 4.69) is 10.2 Å². The van der Waals surface area contributed by atoms with Gasteiger partial charge in [-0.05, 0) is 18.9 Å². The number of nitrogens with two attached hydrogens (primary N) is 1. The van der Waals surface area contributed by atoms with Crippen LogP contribution in [0.1, 0.15) is 24.5 Å². The van der Waals surface area contributed by atoms with Crippen molar-refractivity contribution < 1.29 is 8.42 Å². The van der Waals surface area contributed by atoms with Crippen LogP contribution in [0.5, 0.6) is 0 Å². The molecule has 5 nitrogen and oxygen atoms in total. The number of anilines is 1. The number of sulfone groups is 1. The highest BCUT2D eigenvalue weighted by Crippen LogP contribution is 2.29. The molecule has 2 N–H and O–H groups in total. The summed E-state index contributed by atoms with van der Waals surface area (Å²) in [5.74, 6) is 0.742. The molecular weight excluding hydrogens is 250 g/mol. The highest BCUT2D eigenvalue weighted by molar-refractivity contribution is 7.91. The summed E-state index contributed by atoms with van der Waals surface area (Å²) < 4.78 is 22.5. The second-order valence-corrected chi connectivity index (χ2v) is 6.64. The minimum atomic E-state index is -2.85. The Morgan fingerprint density at radius 1 is 1.31 bits per heavy atom. The summed E-state index contributed by atoms with van der Waals surface area (Å²) >= 11 is 5.84. The number of nitrogens with zero attached hydrogens (tertiary/aromatic N) is 2. The van der Waals surface area contributed by atoms with Gasteiger partial charge in [0.2, 0.25) is 0 Å². The third kappa shape index (κ3) is 2.44. The number of nitrogen functional groups attached to an aromatic ring is 1. The van der Waals surface area contributed by atoms with Gasteiger partial charge in [-0.3, -0.25) is 0 Å². The Labute approximate surface area is 98.9 Å². The Bertz CT molecular complexity index is 489. The first kappa shape index (κ1) is 11.6. The predicted molar refractivity (Wildman–Crippen MR) is 62.1 cm³/mol. The van der Waals surface area contributed by atoms with Gasteiger partial charge in [0.05, 0.1) is 22.2 Å². The monoisotopic (exact) mass is 261 g/mol. The quantitative estimate of drug-likeness (QED) is 0.815. The van der Waals surface area contributed by atoms with Crippen LogP contribution in [0.3, 0.4) is 0 Å². The second-order valence-electron chi connectivity index (χ2n) is 3.93.